The van der Waals surface area contributed by atoms with Gasteiger partial charge in [0.05, 0.1) is 18.5 Å². The van der Waals surface area contributed by atoms with Crippen molar-refractivity contribution in [3.63, 3.8) is 0 Å². The molecule has 1 N–H and O–H groups in total. The van der Waals surface area contributed by atoms with Crippen molar-refractivity contribution in [3.05, 3.63) is 36.3 Å². The molecule has 0 saturated heterocycles. The van der Waals surface area contributed by atoms with Gasteiger partial charge in [-0.25, -0.2) is 4.98 Å². The van der Waals surface area contributed by atoms with Gasteiger partial charge >= 0.3 is 0 Å². The maximum Gasteiger partial charge on any atom is 0.119 e. The van der Waals surface area contributed by atoms with E-state index in [1.807, 2.05) is 37.4 Å². The van der Waals surface area contributed by atoms with Crippen molar-refractivity contribution in [1.82, 2.24) is 9.97 Å². The molecule has 0 aliphatic carbocycles. The van der Waals surface area contributed by atoms with Gasteiger partial charge in [-0.3, -0.25) is 0 Å². The zero-order valence-electron chi connectivity index (χ0n) is 9.66. The lowest BCUT2D eigenvalue weighted by molar-refractivity contribution is 0.317. The van der Waals surface area contributed by atoms with Crippen LogP contribution in [0.3, 0.4) is 0 Å². The summed E-state index contributed by atoms with van der Waals surface area (Å²) >= 11 is 0. The third kappa shape index (κ3) is 2.42. The van der Waals surface area contributed by atoms with Gasteiger partial charge in [0, 0.05) is 0 Å². The molecule has 2 rings (SSSR count). The monoisotopic (exact) mass is 216 g/mol. The van der Waals surface area contributed by atoms with Crippen LogP contribution in [0.2, 0.25) is 0 Å². The largest absolute Gasteiger partial charge is 0.494 e. The Bertz CT molecular complexity index is 445. The molecule has 0 aliphatic rings. The second-order valence-electron chi connectivity index (χ2n) is 3.76. The standard InChI is InChI=1S/C13H16N2O/c1-3-8-16-12-6-4-11(5-7-12)13-9-14-10(2)15-13/h4-7,9H,3,8H2,1-2H3,(H,14,15). The lowest BCUT2D eigenvalue weighted by Gasteiger charge is -2.04. The number of hydrogen-bond acceptors (Lipinski definition) is 2. The van der Waals surface area contributed by atoms with Crippen LogP contribution < -0.4 is 4.74 Å². The highest BCUT2D eigenvalue weighted by Crippen LogP contribution is 2.20. The first kappa shape index (κ1) is 10.7. The van der Waals surface area contributed by atoms with E-state index in [0.29, 0.717) is 0 Å². The number of aromatic nitrogens is 2. The van der Waals surface area contributed by atoms with Gasteiger partial charge in [-0.2, -0.15) is 0 Å². The highest BCUT2D eigenvalue weighted by Gasteiger charge is 2.00. The number of ether oxygens (including phenoxy) is 1. The van der Waals surface area contributed by atoms with E-state index in [1.54, 1.807) is 0 Å². The molecule has 0 atom stereocenters. The molecule has 1 aromatic carbocycles. The molecule has 0 bridgehead atoms. The van der Waals surface area contributed by atoms with Crippen LogP contribution in [0.25, 0.3) is 11.3 Å². The van der Waals surface area contributed by atoms with Crippen molar-refractivity contribution in [2.75, 3.05) is 6.61 Å². The number of benzene rings is 1. The minimum Gasteiger partial charge on any atom is -0.494 e. The molecular formula is C13H16N2O. The van der Waals surface area contributed by atoms with Gasteiger partial charge in [-0.1, -0.05) is 6.92 Å². The molecule has 3 nitrogen and oxygen atoms in total. The summed E-state index contributed by atoms with van der Waals surface area (Å²) in [6.45, 7) is 4.81. The van der Waals surface area contributed by atoms with E-state index < -0.39 is 0 Å². The number of aromatic amines is 1. The van der Waals surface area contributed by atoms with Crippen molar-refractivity contribution >= 4 is 0 Å². The van der Waals surface area contributed by atoms with Gasteiger partial charge in [0.25, 0.3) is 0 Å². The second kappa shape index (κ2) is 4.84. The molecule has 0 fully saturated rings. The van der Waals surface area contributed by atoms with Gasteiger partial charge in [-0.05, 0) is 43.2 Å². The normalized spacial score (nSPS) is 10.4. The topological polar surface area (TPSA) is 37.9 Å². The first-order chi connectivity index (χ1) is 7.79. The molecule has 0 saturated carbocycles. The third-order valence-corrected chi connectivity index (χ3v) is 2.34. The number of aryl methyl sites for hydroxylation is 1. The number of H-pyrrole nitrogens is 1. The Labute approximate surface area is 95.5 Å². The van der Waals surface area contributed by atoms with E-state index in [4.69, 9.17) is 4.74 Å². The molecule has 0 spiro atoms. The average molecular weight is 216 g/mol. The van der Waals surface area contributed by atoms with Crippen molar-refractivity contribution in [2.45, 2.75) is 20.3 Å². The highest BCUT2D eigenvalue weighted by atomic mass is 16.5. The van der Waals surface area contributed by atoms with Crippen LogP contribution in [0, 0.1) is 6.92 Å². The Hall–Kier alpha value is -1.77. The fraction of sp³-hybridized carbons (Fsp3) is 0.308. The summed E-state index contributed by atoms with van der Waals surface area (Å²) in [7, 11) is 0. The predicted octanol–water partition coefficient (Wildman–Crippen LogP) is 3.17. The molecule has 0 unspecified atom stereocenters. The van der Waals surface area contributed by atoms with Crippen LogP contribution >= 0.6 is 0 Å². The summed E-state index contributed by atoms with van der Waals surface area (Å²) < 4.78 is 5.53. The number of hydrogen-bond donors (Lipinski definition) is 1. The molecule has 0 radical (unpaired) electrons. The molecule has 16 heavy (non-hydrogen) atoms. The fourth-order valence-electron chi connectivity index (χ4n) is 1.52. The van der Waals surface area contributed by atoms with Gasteiger partial charge in [0.1, 0.15) is 11.6 Å². The fourth-order valence-corrected chi connectivity index (χ4v) is 1.52. The second-order valence-corrected chi connectivity index (χ2v) is 3.76. The molecule has 1 heterocycles. The van der Waals surface area contributed by atoms with Gasteiger partial charge in [-0.15, -0.1) is 0 Å². The Morgan fingerprint density at radius 1 is 1.25 bits per heavy atom. The zero-order chi connectivity index (χ0) is 11.4. The van der Waals surface area contributed by atoms with E-state index in [0.717, 1.165) is 35.9 Å². The Kier molecular flexibility index (Phi) is 3.25. The van der Waals surface area contributed by atoms with Gasteiger partial charge < -0.3 is 9.72 Å². The molecule has 84 valence electrons. The highest BCUT2D eigenvalue weighted by molar-refractivity contribution is 5.59. The van der Waals surface area contributed by atoms with E-state index >= 15 is 0 Å². The number of nitrogens with zero attached hydrogens (tertiary/aromatic N) is 1. The Morgan fingerprint density at radius 3 is 2.56 bits per heavy atom. The minimum atomic E-state index is 0.766. The maximum atomic E-state index is 5.53. The SMILES string of the molecule is CCCOc1ccc(-c2cnc(C)[nH]2)cc1. The molecule has 0 amide bonds. The number of nitrogens with one attached hydrogen (secondary N) is 1. The Balaban J connectivity index is 2.13. The van der Waals surface area contributed by atoms with Crippen LogP contribution in [0.5, 0.6) is 5.75 Å². The summed E-state index contributed by atoms with van der Waals surface area (Å²) in [5.41, 5.74) is 2.17. The quantitative estimate of drug-likeness (QED) is 0.852. The van der Waals surface area contributed by atoms with Crippen molar-refractivity contribution in [1.29, 1.82) is 0 Å². The number of imidazole rings is 1. The third-order valence-electron chi connectivity index (χ3n) is 2.34. The molecular weight excluding hydrogens is 200 g/mol. The summed E-state index contributed by atoms with van der Waals surface area (Å²) in [4.78, 5) is 7.38. The molecule has 0 aliphatic heterocycles. The lowest BCUT2D eigenvalue weighted by atomic mass is 10.2. The smallest absolute Gasteiger partial charge is 0.119 e. The minimum absolute atomic E-state index is 0.766. The van der Waals surface area contributed by atoms with Gasteiger partial charge in [0.15, 0.2) is 0 Å². The van der Waals surface area contributed by atoms with Crippen LogP contribution in [-0.4, -0.2) is 16.6 Å². The van der Waals surface area contributed by atoms with E-state index in [9.17, 15) is 0 Å². The van der Waals surface area contributed by atoms with Crippen LogP contribution in [0.4, 0.5) is 0 Å². The molecule has 2 aromatic rings. The molecule has 1 aromatic heterocycles. The number of rotatable bonds is 4. The van der Waals surface area contributed by atoms with Crippen LogP contribution in [0.1, 0.15) is 19.2 Å². The van der Waals surface area contributed by atoms with E-state index in [-0.39, 0.29) is 0 Å². The first-order valence-corrected chi connectivity index (χ1v) is 5.54. The van der Waals surface area contributed by atoms with E-state index in [1.165, 1.54) is 0 Å². The predicted molar refractivity (Wildman–Crippen MR) is 64.5 cm³/mol. The summed E-state index contributed by atoms with van der Waals surface area (Å²) in [6, 6.07) is 8.05. The van der Waals surface area contributed by atoms with Crippen LogP contribution in [-0.2, 0) is 0 Å². The lowest BCUT2D eigenvalue weighted by Crippen LogP contribution is -1.94. The van der Waals surface area contributed by atoms with Gasteiger partial charge in [0.2, 0.25) is 0 Å². The summed E-state index contributed by atoms with van der Waals surface area (Å²) in [5.74, 6) is 1.85. The summed E-state index contributed by atoms with van der Waals surface area (Å²) in [6.07, 6.45) is 2.87. The first-order valence-electron chi connectivity index (χ1n) is 5.54. The van der Waals surface area contributed by atoms with Crippen molar-refractivity contribution < 1.29 is 4.74 Å². The van der Waals surface area contributed by atoms with Crippen molar-refractivity contribution in [2.24, 2.45) is 0 Å². The average Bonchev–Trinajstić information content (AvgIpc) is 2.74. The van der Waals surface area contributed by atoms with Crippen LogP contribution in [0.15, 0.2) is 30.5 Å². The maximum absolute atomic E-state index is 5.53. The zero-order valence-corrected chi connectivity index (χ0v) is 9.66. The molecule has 3 heteroatoms. The Morgan fingerprint density at radius 2 is 2.00 bits per heavy atom. The van der Waals surface area contributed by atoms with E-state index in [2.05, 4.69) is 16.9 Å². The van der Waals surface area contributed by atoms with Crippen molar-refractivity contribution in [3.8, 4) is 17.0 Å². The summed E-state index contributed by atoms with van der Waals surface area (Å²) in [5, 5.41) is 0.